The van der Waals surface area contributed by atoms with Crippen molar-refractivity contribution in [1.29, 1.82) is 0 Å². The predicted molar refractivity (Wildman–Crippen MR) is 77.0 cm³/mol. The van der Waals surface area contributed by atoms with E-state index in [0.29, 0.717) is 16.8 Å². The number of alkyl halides is 2. The molecule has 3 rings (SSSR count). The van der Waals surface area contributed by atoms with E-state index in [0.717, 1.165) is 0 Å². The van der Waals surface area contributed by atoms with Crippen LogP contribution in [0.4, 0.5) is 8.78 Å². The van der Waals surface area contributed by atoms with E-state index in [1.54, 1.807) is 19.1 Å². The topological polar surface area (TPSA) is 68.4 Å². The number of carbonyl (C=O) groups is 1. The second-order valence-electron chi connectivity index (χ2n) is 5.24. The molecule has 1 aliphatic heterocycles. The normalized spacial score (nSPS) is 16.9. The minimum atomic E-state index is -2.94. The Balaban J connectivity index is 2.08. The lowest BCUT2D eigenvalue weighted by Gasteiger charge is -2.24. The molecular formula is C16H13F2NO4. The molecular weight excluding hydrogens is 308 g/mol. The number of nitrogens with one attached hydrogen (secondary N) is 1. The number of hydrogen-bond donors (Lipinski definition) is 1. The van der Waals surface area contributed by atoms with Gasteiger partial charge in [0.25, 0.3) is 5.56 Å². The zero-order chi connectivity index (χ0) is 16.6. The number of aromatic nitrogens is 1. The average molecular weight is 321 g/mol. The maximum Gasteiger partial charge on any atom is 0.387 e. The van der Waals surface area contributed by atoms with Crippen LogP contribution in [0.25, 0.3) is 0 Å². The van der Waals surface area contributed by atoms with E-state index in [9.17, 15) is 18.4 Å². The Morgan fingerprint density at radius 2 is 2.09 bits per heavy atom. The number of halogens is 2. The molecule has 2 heterocycles. The molecule has 1 aromatic heterocycles. The number of pyridine rings is 1. The molecule has 0 unspecified atom stereocenters. The quantitative estimate of drug-likeness (QED) is 0.883. The first-order valence-corrected chi connectivity index (χ1v) is 6.93. The number of ether oxygens (including phenoxy) is 2. The summed E-state index contributed by atoms with van der Waals surface area (Å²) in [6, 6.07) is 7.55. The van der Waals surface area contributed by atoms with E-state index in [1.807, 2.05) is 0 Å². The lowest BCUT2D eigenvalue weighted by molar-refractivity contribution is -0.135. The zero-order valence-electron chi connectivity index (χ0n) is 12.1. The Labute approximate surface area is 129 Å². The van der Waals surface area contributed by atoms with Crippen LogP contribution in [0, 0.1) is 6.92 Å². The van der Waals surface area contributed by atoms with Gasteiger partial charge >= 0.3 is 12.6 Å². The summed E-state index contributed by atoms with van der Waals surface area (Å²) in [6.07, 6.45) is -0.0444. The van der Waals surface area contributed by atoms with Crippen LogP contribution < -0.4 is 15.0 Å². The molecule has 0 saturated heterocycles. The molecule has 0 spiro atoms. The highest BCUT2D eigenvalue weighted by Gasteiger charge is 2.31. The van der Waals surface area contributed by atoms with Gasteiger partial charge in [0.1, 0.15) is 11.5 Å². The second kappa shape index (κ2) is 5.83. The summed E-state index contributed by atoms with van der Waals surface area (Å²) in [5.74, 6) is -0.876. The van der Waals surface area contributed by atoms with Crippen LogP contribution >= 0.6 is 0 Å². The molecule has 7 heteroatoms. The predicted octanol–water partition coefficient (Wildman–Crippen LogP) is 2.73. The number of rotatable bonds is 3. The third kappa shape index (κ3) is 3.08. The van der Waals surface area contributed by atoms with Gasteiger partial charge in [-0.2, -0.15) is 8.78 Å². The first kappa shape index (κ1) is 15.2. The van der Waals surface area contributed by atoms with Gasteiger partial charge in [-0.25, -0.2) is 0 Å². The summed E-state index contributed by atoms with van der Waals surface area (Å²) in [5.41, 5.74) is 1.05. The largest absolute Gasteiger partial charge is 0.435 e. The third-order valence-electron chi connectivity index (χ3n) is 3.60. The Bertz CT molecular complexity index is 816. The first-order chi connectivity index (χ1) is 10.9. The van der Waals surface area contributed by atoms with Crippen molar-refractivity contribution in [3.8, 4) is 11.5 Å². The molecule has 0 amide bonds. The van der Waals surface area contributed by atoms with E-state index in [2.05, 4.69) is 9.72 Å². The molecule has 0 aliphatic carbocycles. The summed E-state index contributed by atoms with van der Waals surface area (Å²) in [6.45, 7) is -1.27. The maximum atomic E-state index is 12.4. The van der Waals surface area contributed by atoms with E-state index in [1.165, 1.54) is 18.2 Å². The van der Waals surface area contributed by atoms with Gasteiger partial charge in [-0.1, -0.05) is 12.1 Å². The fourth-order valence-electron chi connectivity index (χ4n) is 2.71. The number of H-pyrrole nitrogens is 1. The zero-order valence-corrected chi connectivity index (χ0v) is 12.1. The van der Waals surface area contributed by atoms with Gasteiger partial charge in [0.2, 0.25) is 0 Å². The minimum absolute atomic E-state index is 0.0264. The van der Waals surface area contributed by atoms with Crippen LogP contribution in [0.3, 0.4) is 0 Å². The Morgan fingerprint density at radius 1 is 1.30 bits per heavy atom. The highest BCUT2D eigenvalue weighted by atomic mass is 19.3. The van der Waals surface area contributed by atoms with Crippen LogP contribution in [0.15, 0.2) is 35.1 Å². The summed E-state index contributed by atoms with van der Waals surface area (Å²) < 4.78 is 34.2. The van der Waals surface area contributed by atoms with Crippen molar-refractivity contribution in [1.82, 2.24) is 4.98 Å². The number of benzene rings is 1. The van der Waals surface area contributed by atoms with Crippen molar-refractivity contribution in [2.24, 2.45) is 0 Å². The minimum Gasteiger partial charge on any atom is -0.435 e. The number of aryl methyl sites for hydroxylation is 1. The standard InChI is InChI=1S/C16H13F2NO4/c1-8-5-12-14(15(21)19-8)11(7-13(20)23-12)9-3-2-4-10(6-9)22-16(17)18/h2-6,11,16H,7H2,1H3,(H,19,21)/t11-/m0/s1. The van der Waals surface area contributed by atoms with Crippen LogP contribution in [0.5, 0.6) is 11.5 Å². The van der Waals surface area contributed by atoms with Crippen LogP contribution in [-0.4, -0.2) is 17.6 Å². The monoisotopic (exact) mass is 321 g/mol. The molecule has 0 radical (unpaired) electrons. The van der Waals surface area contributed by atoms with Gasteiger partial charge in [0.15, 0.2) is 0 Å². The molecule has 2 aromatic rings. The summed E-state index contributed by atoms with van der Waals surface area (Å²) in [5, 5.41) is 0. The van der Waals surface area contributed by atoms with Crippen molar-refractivity contribution in [3.05, 3.63) is 57.5 Å². The van der Waals surface area contributed by atoms with Gasteiger partial charge in [0.05, 0.1) is 12.0 Å². The van der Waals surface area contributed by atoms with E-state index >= 15 is 0 Å². The molecule has 5 nitrogen and oxygen atoms in total. The highest BCUT2D eigenvalue weighted by molar-refractivity contribution is 5.77. The maximum absolute atomic E-state index is 12.4. The van der Waals surface area contributed by atoms with Gasteiger partial charge in [-0.15, -0.1) is 0 Å². The van der Waals surface area contributed by atoms with E-state index in [4.69, 9.17) is 4.74 Å². The van der Waals surface area contributed by atoms with Crippen LogP contribution in [-0.2, 0) is 4.79 Å². The molecule has 1 atom stereocenters. The van der Waals surface area contributed by atoms with Crippen LogP contribution in [0.1, 0.15) is 29.2 Å². The van der Waals surface area contributed by atoms with Crippen LogP contribution in [0.2, 0.25) is 0 Å². The number of aromatic amines is 1. The number of esters is 1. The van der Waals surface area contributed by atoms with Gasteiger partial charge < -0.3 is 14.5 Å². The molecule has 1 aliphatic rings. The highest BCUT2D eigenvalue weighted by Crippen LogP contribution is 2.37. The van der Waals surface area contributed by atoms with Crippen molar-refractivity contribution in [2.75, 3.05) is 0 Å². The first-order valence-electron chi connectivity index (χ1n) is 6.93. The summed E-state index contributed by atoms with van der Waals surface area (Å²) in [7, 11) is 0. The van der Waals surface area contributed by atoms with Crippen molar-refractivity contribution in [2.45, 2.75) is 25.9 Å². The number of carbonyl (C=O) groups excluding carboxylic acids is 1. The molecule has 0 fully saturated rings. The van der Waals surface area contributed by atoms with Gasteiger partial charge in [-0.3, -0.25) is 9.59 Å². The van der Waals surface area contributed by atoms with Crippen molar-refractivity contribution >= 4 is 5.97 Å². The van der Waals surface area contributed by atoms with Crippen molar-refractivity contribution < 1.29 is 23.0 Å². The fraction of sp³-hybridized carbons (Fsp3) is 0.250. The Kier molecular flexibility index (Phi) is 3.85. The van der Waals surface area contributed by atoms with Gasteiger partial charge in [-0.05, 0) is 24.6 Å². The molecule has 0 saturated carbocycles. The molecule has 1 N–H and O–H groups in total. The number of fused-ring (bicyclic) bond motifs is 1. The Morgan fingerprint density at radius 3 is 2.83 bits per heavy atom. The third-order valence-corrected chi connectivity index (χ3v) is 3.60. The lowest BCUT2D eigenvalue weighted by Crippen LogP contribution is -2.28. The Hall–Kier alpha value is -2.70. The fourth-order valence-corrected chi connectivity index (χ4v) is 2.71. The average Bonchev–Trinajstić information content (AvgIpc) is 2.45. The van der Waals surface area contributed by atoms with Gasteiger partial charge in [0, 0.05) is 17.7 Å². The summed E-state index contributed by atoms with van der Waals surface area (Å²) in [4.78, 5) is 26.7. The molecule has 1 aromatic carbocycles. The molecule has 0 bridgehead atoms. The summed E-state index contributed by atoms with van der Waals surface area (Å²) >= 11 is 0. The number of hydrogen-bond acceptors (Lipinski definition) is 4. The molecule has 120 valence electrons. The SMILES string of the molecule is Cc1cc2c(c(=O)[nH]1)[C@H](c1cccc(OC(F)F)c1)CC(=O)O2. The molecule has 23 heavy (non-hydrogen) atoms. The van der Waals surface area contributed by atoms with E-state index < -0.39 is 18.5 Å². The second-order valence-corrected chi connectivity index (χ2v) is 5.24. The van der Waals surface area contributed by atoms with E-state index in [-0.39, 0.29) is 23.5 Å². The smallest absolute Gasteiger partial charge is 0.387 e. The lowest BCUT2D eigenvalue weighted by atomic mass is 9.87. The van der Waals surface area contributed by atoms with Crippen molar-refractivity contribution in [3.63, 3.8) is 0 Å².